The number of aromatic nitrogens is 2. The van der Waals surface area contributed by atoms with Gasteiger partial charge in [0.1, 0.15) is 11.3 Å². The molecule has 0 bridgehead atoms. The molecular formula is C21H28N4O4. The zero-order valence-corrected chi connectivity index (χ0v) is 17.2. The molecule has 2 aromatic heterocycles. The molecule has 0 unspecified atom stereocenters. The third-order valence-corrected chi connectivity index (χ3v) is 5.32. The third kappa shape index (κ3) is 4.82. The number of nitrogens with one attached hydrogen (secondary N) is 1. The molecule has 29 heavy (non-hydrogen) atoms. The van der Waals surface area contributed by atoms with Crippen molar-refractivity contribution in [2.75, 3.05) is 33.4 Å². The average Bonchev–Trinajstić information content (AvgIpc) is 3.14. The summed E-state index contributed by atoms with van der Waals surface area (Å²) in [5, 5.41) is 6.77. The molecule has 3 rings (SSSR count). The highest BCUT2D eigenvalue weighted by Gasteiger charge is 2.29. The molecule has 1 N–H and O–H groups in total. The molecule has 8 heteroatoms. The van der Waals surface area contributed by atoms with E-state index in [0.29, 0.717) is 49.5 Å². The molecule has 1 saturated heterocycles. The summed E-state index contributed by atoms with van der Waals surface area (Å²) < 4.78 is 10.1. The minimum Gasteiger partial charge on any atom is -0.383 e. The van der Waals surface area contributed by atoms with E-state index < -0.39 is 0 Å². The summed E-state index contributed by atoms with van der Waals surface area (Å²) in [6, 6.07) is 3.71. The van der Waals surface area contributed by atoms with Gasteiger partial charge in [-0.3, -0.25) is 14.6 Å². The Morgan fingerprint density at radius 3 is 2.69 bits per heavy atom. The number of carbonyl (C=O) groups excluding carboxylic acids is 2. The van der Waals surface area contributed by atoms with E-state index >= 15 is 0 Å². The zero-order valence-electron chi connectivity index (χ0n) is 17.2. The number of rotatable bonds is 7. The van der Waals surface area contributed by atoms with E-state index in [4.69, 9.17) is 9.26 Å². The first-order valence-corrected chi connectivity index (χ1v) is 10.0. The highest BCUT2D eigenvalue weighted by Crippen LogP contribution is 2.28. The van der Waals surface area contributed by atoms with Gasteiger partial charge in [-0.15, -0.1) is 0 Å². The Balaban J connectivity index is 1.57. The molecule has 0 spiro atoms. The van der Waals surface area contributed by atoms with Crippen LogP contribution in [0.4, 0.5) is 0 Å². The summed E-state index contributed by atoms with van der Waals surface area (Å²) in [5.41, 5.74) is 2.82. The molecule has 156 valence electrons. The molecule has 1 fully saturated rings. The maximum atomic E-state index is 12.9. The van der Waals surface area contributed by atoms with Crippen molar-refractivity contribution in [1.29, 1.82) is 0 Å². The van der Waals surface area contributed by atoms with Gasteiger partial charge in [0, 0.05) is 44.6 Å². The fraction of sp³-hybridized carbons (Fsp3) is 0.524. The van der Waals surface area contributed by atoms with E-state index in [-0.39, 0.29) is 17.7 Å². The zero-order chi connectivity index (χ0) is 20.8. The first-order chi connectivity index (χ1) is 14.0. The van der Waals surface area contributed by atoms with E-state index in [9.17, 15) is 9.59 Å². The Morgan fingerprint density at radius 1 is 1.31 bits per heavy atom. The van der Waals surface area contributed by atoms with Crippen LogP contribution < -0.4 is 5.32 Å². The highest BCUT2D eigenvalue weighted by molar-refractivity contribution is 5.96. The van der Waals surface area contributed by atoms with Crippen LogP contribution in [0.15, 0.2) is 22.9 Å². The van der Waals surface area contributed by atoms with Gasteiger partial charge in [0.05, 0.1) is 17.9 Å². The van der Waals surface area contributed by atoms with Gasteiger partial charge in [0.2, 0.25) is 0 Å². The second-order valence-corrected chi connectivity index (χ2v) is 7.20. The second kappa shape index (κ2) is 9.65. The number of ether oxygens (including phenoxy) is 1. The Bertz CT molecular complexity index is 839. The van der Waals surface area contributed by atoms with Gasteiger partial charge < -0.3 is 19.5 Å². The number of carbonyl (C=O) groups is 2. The third-order valence-electron chi connectivity index (χ3n) is 5.32. The number of hydrogen-bond donors (Lipinski definition) is 1. The predicted octanol–water partition coefficient (Wildman–Crippen LogP) is 2.34. The lowest BCUT2D eigenvalue weighted by Crippen LogP contribution is -2.38. The number of hydrogen-bond acceptors (Lipinski definition) is 6. The molecule has 0 atom stereocenters. The van der Waals surface area contributed by atoms with Crippen molar-refractivity contribution in [2.45, 2.75) is 39.0 Å². The molecule has 0 saturated carbocycles. The number of amides is 2. The van der Waals surface area contributed by atoms with Crippen LogP contribution in [0.5, 0.6) is 0 Å². The number of aryl methyl sites for hydroxylation is 2. The number of pyridine rings is 1. The Hall–Kier alpha value is -2.74. The van der Waals surface area contributed by atoms with E-state index in [0.717, 1.165) is 24.2 Å². The van der Waals surface area contributed by atoms with Crippen molar-refractivity contribution in [3.63, 3.8) is 0 Å². The Labute approximate surface area is 170 Å². The SMILES string of the molecule is CCc1noc(C)c1C(=O)N1CCC(c2ccc(C(=O)NCCOC)cn2)CC1. The van der Waals surface area contributed by atoms with Crippen LogP contribution >= 0.6 is 0 Å². The van der Waals surface area contributed by atoms with Crippen LogP contribution in [-0.2, 0) is 11.2 Å². The molecule has 0 aliphatic carbocycles. The van der Waals surface area contributed by atoms with Crippen LogP contribution in [0, 0.1) is 6.92 Å². The number of piperidine rings is 1. The van der Waals surface area contributed by atoms with Crippen LogP contribution in [0.25, 0.3) is 0 Å². The predicted molar refractivity (Wildman–Crippen MR) is 107 cm³/mol. The average molecular weight is 400 g/mol. The van der Waals surface area contributed by atoms with Gasteiger partial charge in [-0.05, 0) is 38.3 Å². The number of nitrogens with zero attached hydrogens (tertiary/aromatic N) is 3. The fourth-order valence-corrected chi connectivity index (χ4v) is 3.62. The van der Waals surface area contributed by atoms with Gasteiger partial charge in [0.25, 0.3) is 11.8 Å². The molecular weight excluding hydrogens is 372 g/mol. The van der Waals surface area contributed by atoms with Gasteiger partial charge in [-0.25, -0.2) is 0 Å². The van der Waals surface area contributed by atoms with Gasteiger partial charge in [-0.2, -0.15) is 0 Å². The maximum Gasteiger partial charge on any atom is 0.259 e. The Morgan fingerprint density at radius 2 is 2.07 bits per heavy atom. The number of methoxy groups -OCH3 is 1. The van der Waals surface area contributed by atoms with Crippen LogP contribution in [0.1, 0.15) is 63.5 Å². The van der Waals surface area contributed by atoms with Gasteiger partial charge >= 0.3 is 0 Å². The smallest absolute Gasteiger partial charge is 0.259 e. The normalized spacial score (nSPS) is 14.8. The summed E-state index contributed by atoms with van der Waals surface area (Å²) >= 11 is 0. The van der Waals surface area contributed by atoms with Crippen molar-refractivity contribution < 1.29 is 18.8 Å². The van der Waals surface area contributed by atoms with Crippen molar-refractivity contribution in [3.8, 4) is 0 Å². The highest BCUT2D eigenvalue weighted by atomic mass is 16.5. The van der Waals surface area contributed by atoms with Crippen LogP contribution in [0.2, 0.25) is 0 Å². The molecule has 2 aromatic rings. The van der Waals surface area contributed by atoms with E-state index in [2.05, 4.69) is 15.5 Å². The Kier molecular flexibility index (Phi) is 6.98. The quantitative estimate of drug-likeness (QED) is 0.717. The molecule has 1 aliphatic rings. The van der Waals surface area contributed by atoms with E-state index in [1.165, 1.54) is 0 Å². The van der Waals surface area contributed by atoms with Crippen LogP contribution in [0.3, 0.4) is 0 Å². The second-order valence-electron chi connectivity index (χ2n) is 7.20. The molecule has 2 amide bonds. The monoisotopic (exact) mass is 400 g/mol. The summed E-state index contributed by atoms with van der Waals surface area (Å²) in [6.07, 6.45) is 3.96. The number of likely N-dealkylation sites (tertiary alicyclic amines) is 1. The van der Waals surface area contributed by atoms with Gasteiger partial charge in [-0.1, -0.05) is 12.1 Å². The summed E-state index contributed by atoms with van der Waals surface area (Å²) in [5.74, 6) is 0.696. The minimum absolute atomic E-state index is 0.00455. The molecule has 0 radical (unpaired) electrons. The molecule has 1 aliphatic heterocycles. The van der Waals surface area contributed by atoms with E-state index in [1.807, 2.05) is 17.9 Å². The molecule has 3 heterocycles. The summed E-state index contributed by atoms with van der Waals surface area (Å²) in [4.78, 5) is 31.3. The largest absolute Gasteiger partial charge is 0.383 e. The molecule has 0 aromatic carbocycles. The van der Waals surface area contributed by atoms with Crippen molar-refractivity contribution in [3.05, 3.63) is 46.6 Å². The topological polar surface area (TPSA) is 97.6 Å². The lowest BCUT2D eigenvalue weighted by molar-refractivity contribution is 0.0709. The van der Waals surface area contributed by atoms with Crippen molar-refractivity contribution >= 4 is 11.8 Å². The first kappa shape index (κ1) is 21.0. The maximum absolute atomic E-state index is 12.9. The minimum atomic E-state index is -0.155. The summed E-state index contributed by atoms with van der Waals surface area (Å²) in [6.45, 7) is 6.02. The van der Waals surface area contributed by atoms with Crippen LogP contribution in [-0.4, -0.2) is 60.2 Å². The lowest BCUT2D eigenvalue weighted by atomic mass is 9.92. The summed E-state index contributed by atoms with van der Waals surface area (Å²) in [7, 11) is 1.59. The van der Waals surface area contributed by atoms with Gasteiger partial charge in [0.15, 0.2) is 0 Å². The fourth-order valence-electron chi connectivity index (χ4n) is 3.62. The van der Waals surface area contributed by atoms with E-state index in [1.54, 1.807) is 26.3 Å². The standard InChI is InChI=1S/C21H28N4O4/c1-4-17-19(14(2)29-24-17)21(27)25-10-7-15(8-11-25)18-6-5-16(13-23-18)20(26)22-9-12-28-3/h5-6,13,15H,4,7-12H2,1-3H3,(H,22,26). The van der Waals surface area contributed by atoms with Crippen molar-refractivity contribution in [1.82, 2.24) is 20.4 Å². The van der Waals surface area contributed by atoms with Crippen molar-refractivity contribution in [2.24, 2.45) is 0 Å². The first-order valence-electron chi connectivity index (χ1n) is 10.0. The molecule has 8 nitrogen and oxygen atoms in total. The lowest BCUT2D eigenvalue weighted by Gasteiger charge is -2.31.